The fourth-order valence-electron chi connectivity index (χ4n) is 2.85. The van der Waals surface area contributed by atoms with E-state index in [0.29, 0.717) is 16.5 Å². The maximum Gasteiger partial charge on any atom is 0.261 e. The van der Waals surface area contributed by atoms with Gasteiger partial charge < -0.3 is 0 Å². The Morgan fingerprint density at radius 1 is 1.00 bits per heavy atom. The summed E-state index contributed by atoms with van der Waals surface area (Å²) in [6, 6.07) is 18.8. The molecule has 1 aromatic heterocycles. The summed E-state index contributed by atoms with van der Waals surface area (Å²) in [6.07, 6.45) is 1.43. The van der Waals surface area contributed by atoms with Gasteiger partial charge in [0.1, 0.15) is 0 Å². The summed E-state index contributed by atoms with van der Waals surface area (Å²) in [5, 5.41) is 2.57. The summed E-state index contributed by atoms with van der Waals surface area (Å²) in [6.45, 7) is -0.0351. The van der Waals surface area contributed by atoms with E-state index in [1.165, 1.54) is 10.9 Å². The lowest BCUT2D eigenvalue weighted by Crippen LogP contribution is -2.24. The zero-order chi connectivity index (χ0) is 17.4. The molecule has 0 saturated carbocycles. The summed E-state index contributed by atoms with van der Waals surface area (Å²) in [7, 11) is 0. The first-order chi connectivity index (χ1) is 12.1. The molecule has 0 aliphatic heterocycles. The topological polar surface area (TPSA) is 52.0 Å². The number of fused-ring (bicyclic) bond motifs is 2. The van der Waals surface area contributed by atoms with Crippen LogP contribution >= 0.6 is 15.9 Å². The molecule has 0 N–H and O–H groups in total. The molecule has 0 amide bonds. The van der Waals surface area contributed by atoms with Crippen molar-refractivity contribution in [2.75, 3.05) is 0 Å². The zero-order valence-electron chi connectivity index (χ0n) is 13.1. The Kier molecular flexibility index (Phi) is 3.93. The van der Waals surface area contributed by atoms with E-state index in [4.69, 9.17) is 0 Å². The van der Waals surface area contributed by atoms with Crippen molar-refractivity contribution in [3.63, 3.8) is 0 Å². The molecule has 122 valence electrons. The van der Waals surface area contributed by atoms with E-state index in [9.17, 15) is 9.59 Å². The van der Waals surface area contributed by atoms with Crippen LogP contribution in [0.4, 0.5) is 0 Å². The number of nitrogens with zero attached hydrogens (tertiary/aromatic N) is 2. The number of aromatic nitrogens is 2. The van der Waals surface area contributed by atoms with Gasteiger partial charge in [0.15, 0.2) is 5.78 Å². The van der Waals surface area contributed by atoms with Gasteiger partial charge >= 0.3 is 0 Å². The largest absolute Gasteiger partial charge is 0.292 e. The van der Waals surface area contributed by atoms with Crippen molar-refractivity contribution in [2.24, 2.45) is 0 Å². The van der Waals surface area contributed by atoms with Gasteiger partial charge in [-0.2, -0.15) is 0 Å². The minimum Gasteiger partial charge on any atom is -0.292 e. The van der Waals surface area contributed by atoms with Crippen LogP contribution in [0, 0.1) is 0 Å². The molecule has 0 aliphatic rings. The van der Waals surface area contributed by atoms with E-state index >= 15 is 0 Å². The smallest absolute Gasteiger partial charge is 0.261 e. The van der Waals surface area contributed by atoms with Gasteiger partial charge in [0.2, 0.25) is 0 Å². The highest BCUT2D eigenvalue weighted by Crippen LogP contribution is 2.17. The first-order valence-corrected chi connectivity index (χ1v) is 8.58. The molecule has 0 saturated heterocycles. The fourth-order valence-corrected chi connectivity index (χ4v) is 3.21. The van der Waals surface area contributed by atoms with Crippen LogP contribution in [0.2, 0.25) is 0 Å². The predicted molar refractivity (Wildman–Crippen MR) is 102 cm³/mol. The van der Waals surface area contributed by atoms with Gasteiger partial charge in [0.05, 0.1) is 23.8 Å². The second-order valence-corrected chi connectivity index (χ2v) is 6.74. The second-order valence-electron chi connectivity index (χ2n) is 5.82. The number of carbonyl (C=O) groups is 1. The van der Waals surface area contributed by atoms with Crippen LogP contribution in [-0.4, -0.2) is 15.3 Å². The average molecular weight is 393 g/mol. The lowest BCUT2D eigenvalue weighted by molar-refractivity contribution is 0.0971. The molecule has 4 aromatic rings. The van der Waals surface area contributed by atoms with E-state index in [-0.39, 0.29) is 17.9 Å². The third kappa shape index (κ3) is 2.98. The molecular formula is C20H13BrN2O2. The maximum atomic E-state index is 12.6. The Hall–Kier alpha value is -2.79. The third-order valence-electron chi connectivity index (χ3n) is 4.17. The van der Waals surface area contributed by atoms with E-state index in [0.717, 1.165) is 15.2 Å². The molecule has 0 unspecified atom stereocenters. The van der Waals surface area contributed by atoms with Crippen molar-refractivity contribution < 1.29 is 4.79 Å². The van der Waals surface area contributed by atoms with Gasteiger partial charge in [-0.1, -0.05) is 52.3 Å². The van der Waals surface area contributed by atoms with Crippen LogP contribution in [0.5, 0.6) is 0 Å². The van der Waals surface area contributed by atoms with Crippen molar-refractivity contribution in [1.82, 2.24) is 9.55 Å². The Labute approximate surface area is 151 Å². The minimum atomic E-state index is -0.222. The normalized spacial score (nSPS) is 11.1. The van der Waals surface area contributed by atoms with Crippen molar-refractivity contribution in [2.45, 2.75) is 6.54 Å². The number of halogens is 1. The molecule has 0 radical (unpaired) electrons. The summed E-state index contributed by atoms with van der Waals surface area (Å²) in [4.78, 5) is 29.5. The highest BCUT2D eigenvalue weighted by molar-refractivity contribution is 9.10. The SMILES string of the molecule is O=C(Cn1cnc2ccc(Br)cc2c1=O)c1ccc2ccccc2c1. The summed E-state index contributed by atoms with van der Waals surface area (Å²) >= 11 is 3.36. The van der Waals surface area contributed by atoms with E-state index < -0.39 is 0 Å². The Bertz CT molecular complexity index is 1180. The lowest BCUT2D eigenvalue weighted by atomic mass is 10.0. The summed E-state index contributed by atoms with van der Waals surface area (Å²) < 4.78 is 2.16. The molecule has 5 heteroatoms. The zero-order valence-corrected chi connectivity index (χ0v) is 14.7. The van der Waals surface area contributed by atoms with Crippen LogP contribution in [0.15, 0.2) is 76.3 Å². The highest BCUT2D eigenvalue weighted by atomic mass is 79.9. The van der Waals surface area contributed by atoms with Crippen molar-refractivity contribution in [1.29, 1.82) is 0 Å². The third-order valence-corrected chi connectivity index (χ3v) is 4.66. The van der Waals surface area contributed by atoms with Crippen molar-refractivity contribution in [3.8, 4) is 0 Å². The van der Waals surface area contributed by atoms with E-state index in [1.54, 1.807) is 18.2 Å². The van der Waals surface area contributed by atoms with Gasteiger partial charge in [-0.25, -0.2) is 4.98 Å². The number of benzene rings is 3. The molecule has 25 heavy (non-hydrogen) atoms. The standard InChI is InChI=1S/C20H13BrN2O2/c21-16-7-8-18-17(10-16)20(25)23(12-22-18)11-19(24)15-6-5-13-3-1-2-4-14(13)9-15/h1-10,12H,11H2. The first kappa shape index (κ1) is 15.7. The summed E-state index contributed by atoms with van der Waals surface area (Å²) in [5.74, 6) is -0.121. The highest BCUT2D eigenvalue weighted by Gasteiger charge is 2.11. The van der Waals surface area contributed by atoms with Gasteiger partial charge in [0, 0.05) is 10.0 Å². The Morgan fingerprint density at radius 3 is 2.64 bits per heavy atom. The molecule has 0 spiro atoms. The first-order valence-electron chi connectivity index (χ1n) is 7.78. The molecule has 0 atom stereocenters. The Balaban J connectivity index is 1.71. The molecule has 4 rings (SSSR count). The lowest BCUT2D eigenvalue weighted by Gasteiger charge is -2.07. The summed E-state index contributed by atoms with van der Waals surface area (Å²) in [5.41, 5.74) is 0.975. The fraction of sp³-hybridized carbons (Fsp3) is 0.0500. The van der Waals surface area contributed by atoms with Crippen LogP contribution in [0.3, 0.4) is 0 Å². The molecular weight excluding hydrogens is 380 g/mol. The van der Waals surface area contributed by atoms with Crippen molar-refractivity contribution >= 4 is 43.4 Å². The number of ketones is 1. The number of Topliss-reactive ketones (excluding diaryl/α,β-unsaturated/α-hetero) is 1. The van der Waals surface area contributed by atoms with Gasteiger partial charge in [-0.15, -0.1) is 0 Å². The monoisotopic (exact) mass is 392 g/mol. The minimum absolute atomic E-state index is 0.0351. The molecule has 0 bridgehead atoms. The molecule has 3 aromatic carbocycles. The average Bonchev–Trinajstić information content (AvgIpc) is 2.64. The molecule has 0 aliphatic carbocycles. The molecule has 1 heterocycles. The van der Waals surface area contributed by atoms with Crippen LogP contribution in [-0.2, 0) is 6.54 Å². The van der Waals surface area contributed by atoms with Gasteiger partial charge in [-0.3, -0.25) is 14.2 Å². The van der Waals surface area contributed by atoms with Gasteiger partial charge in [-0.05, 0) is 35.0 Å². The van der Waals surface area contributed by atoms with Crippen molar-refractivity contribution in [3.05, 3.63) is 87.4 Å². The number of carbonyl (C=O) groups excluding carboxylic acids is 1. The van der Waals surface area contributed by atoms with Crippen LogP contribution in [0.25, 0.3) is 21.7 Å². The predicted octanol–water partition coefficient (Wildman–Crippen LogP) is 4.20. The molecule has 0 fully saturated rings. The van der Waals surface area contributed by atoms with Gasteiger partial charge in [0.25, 0.3) is 5.56 Å². The quantitative estimate of drug-likeness (QED) is 0.491. The number of rotatable bonds is 3. The van der Waals surface area contributed by atoms with E-state index in [2.05, 4.69) is 20.9 Å². The molecule has 4 nitrogen and oxygen atoms in total. The number of hydrogen-bond donors (Lipinski definition) is 0. The number of hydrogen-bond acceptors (Lipinski definition) is 3. The Morgan fingerprint density at radius 2 is 1.80 bits per heavy atom. The van der Waals surface area contributed by atoms with Crippen LogP contribution < -0.4 is 5.56 Å². The maximum absolute atomic E-state index is 12.6. The van der Waals surface area contributed by atoms with E-state index in [1.807, 2.05) is 42.5 Å². The second kappa shape index (κ2) is 6.26. The van der Waals surface area contributed by atoms with Crippen LogP contribution in [0.1, 0.15) is 10.4 Å².